The first-order chi connectivity index (χ1) is 8.58. The van der Waals surface area contributed by atoms with Gasteiger partial charge in [-0.1, -0.05) is 0 Å². The van der Waals surface area contributed by atoms with Crippen molar-refractivity contribution in [2.24, 2.45) is 14.1 Å². The molecule has 0 aliphatic heterocycles. The summed E-state index contributed by atoms with van der Waals surface area (Å²) in [5.74, 6) is 0.936. The maximum Gasteiger partial charge on any atom is 0.146 e. The average Bonchev–Trinajstić information content (AvgIpc) is 2.83. The number of aromatic nitrogens is 4. The fraction of sp³-hybridized carbons (Fsp3) is 0.167. The molecule has 6 heteroatoms. The summed E-state index contributed by atoms with van der Waals surface area (Å²) in [6, 6.07) is 4.50. The lowest BCUT2D eigenvalue weighted by atomic mass is 10.3. The summed E-state index contributed by atoms with van der Waals surface area (Å²) in [4.78, 5) is 4.46. The summed E-state index contributed by atoms with van der Waals surface area (Å²) in [7, 11) is 3.59. The van der Waals surface area contributed by atoms with E-state index in [0.717, 1.165) is 16.6 Å². The van der Waals surface area contributed by atoms with Crippen LogP contribution >= 0.6 is 0 Å². The van der Waals surface area contributed by atoms with E-state index in [4.69, 9.17) is 5.73 Å². The van der Waals surface area contributed by atoms with Crippen molar-refractivity contribution in [3.05, 3.63) is 30.2 Å². The zero-order chi connectivity index (χ0) is 12.9. The highest BCUT2D eigenvalue weighted by Crippen LogP contribution is 2.27. The Bertz CT molecular complexity index is 740. The van der Waals surface area contributed by atoms with Gasteiger partial charge < -0.3 is 10.3 Å². The molecule has 0 spiro atoms. The number of rotatable bonds is 1. The standard InChI is InChI=1S/C12H12FN5/c1-17-10-5-7(13)3-4-9(10)16-12(17)8-6-15-18(2)11(8)14/h3-6H,14H2,1-2H3. The Morgan fingerprint density at radius 1 is 1.28 bits per heavy atom. The van der Waals surface area contributed by atoms with Crippen LogP contribution in [-0.2, 0) is 14.1 Å². The summed E-state index contributed by atoms with van der Waals surface area (Å²) >= 11 is 0. The van der Waals surface area contributed by atoms with Gasteiger partial charge in [0.25, 0.3) is 0 Å². The van der Waals surface area contributed by atoms with E-state index in [1.165, 1.54) is 12.1 Å². The van der Waals surface area contributed by atoms with E-state index in [1.807, 2.05) is 11.6 Å². The van der Waals surface area contributed by atoms with E-state index < -0.39 is 0 Å². The van der Waals surface area contributed by atoms with Gasteiger partial charge in [-0.2, -0.15) is 5.10 Å². The second kappa shape index (κ2) is 3.56. The fourth-order valence-electron chi connectivity index (χ4n) is 2.02. The molecule has 0 radical (unpaired) electrons. The van der Waals surface area contributed by atoms with Gasteiger partial charge in [-0.3, -0.25) is 4.68 Å². The number of nitrogen functional groups attached to an aromatic ring is 1. The molecular formula is C12H12FN5. The van der Waals surface area contributed by atoms with Crippen molar-refractivity contribution in [3.63, 3.8) is 0 Å². The Hall–Kier alpha value is -2.37. The van der Waals surface area contributed by atoms with Crippen LogP contribution in [0.2, 0.25) is 0 Å². The first-order valence-electron chi connectivity index (χ1n) is 5.48. The van der Waals surface area contributed by atoms with Gasteiger partial charge >= 0.3 is 0 Å². The van der Waals surface area contributed by atoms with E-state index in [9.17, 15) is 4.39 Å². The third kappa shape index (κ3) is 1.38. The maximum atomic E-state index is 13.2. The fourth-order valence-corrected chi connectivity index (χ4v) is 2.02. The summed E-state index contributed by atoms with van der Waals surface area (Å²) in [6.45, 7) is 0. The number of hydrogen-bond donors (Lipinski definition) is 1. The van der Waals surface area contributed by atoms with Crippen LogP contribution in [0, 0.1) is 5.82 Å². The van der Waals surface area contributed by atoms with Crippen molar-refractivity contribution in [2.75, 3.05) is 5.73 Å². The predicted octanol–water partition coefficient (Wildman–Crippen LogP) is 1.70. The largest absolute Gasteiger partial charge is 0.383 e. The van der Waals surface area contributed by atoms with Crippen LogP contribution in [0.15, 0.2) is 24.4 Å². The van der Waals surface area contributed by atoms with E-state index in [-0.39, 0.29) is 5.82 Å². The second-order valence-electron chi connectivity index (χ2n) is 4.19. The van der Waals surface area contributed by atoms with Crippen LogP contribution in [-0.4, -0.2) is 19.3 Å². The number of anilines is 1. The molecule has 5 nitrogen and oxygen atoms in total. The molecule has 18 heavy (non-hydrogen) atoms. The molecule has 92 valence electrons. The molecular weight excluding hydrogens is 233 g/mol. The van der Waals surface area contributed by atoms with E-state index >= 15 is 0 Å². The van der Waals surface area contributed by atoms with Gasteiger partial charge in [0.2, 0.25) is 0 Å². The lowest BCUT2D eigenvalue weighted by Gasteiger charge is -2.01. The highest BCUT2D eigenvalue weighted by molar-refractivity contribution is 5.82. The molecule has 0 amide bonds. The zero-order valence-corrected chi connectivity index (χ0v) is 10.1. The molecule has 2 aromatic heterocycles. The number of benzene rings is 1. The number of imidazole rings is 1. The molecule has 3 rings (SSSR count). The Labute approximate surface area is 103 Å². The Balaban J connectivity index is 2.30. The van der Waals surface area contributed by atoms with Gasteiger partial charge in [0, 0.05) is 14.1 Å². The van der Waals surface area contributed by atoms with Crippen LogP contribution in [0.5, 0.6) is 0 Å². The summed E-state index contributed by atoms with van der Waals surface area (Å²) in [6.07, 6.45) is 1.66. The molecule has 0 unspecified atom stereocenters. The molecule has 0 saturated heterocycles. The highest BCUT2D eigenvalue weighted by Gasteiger charge is 2.15. The van der Waals surface area contributed by atoms with Crippen molar-refractivity contribution in [2.45, 2.75) is 0 Å². The van der Waals surface area contributed by atoms with E-state index in [2.05, 4.69) is 10.1 Å². The molecule has 0 aliphatic carbocycles. The maximum absolute atomic E-state index is 13.2. The van der Waals surface area contributed by atoms with Gasteiger partial charge in [0.15, 0.2) is 0 Å². The monoisotopic (exact) mass is 245 g/mol. The summed E-state index contributed by atoms with van der Waals surface area (Å²) in [5, 5.41) is 4.09. The zero-order valence-electron chi connectivity index (χ0n) is 10.1. The normalized spacial score (nSPS) is 11.3. The van der Waals surface area contributed by atoms with Crippen LogP contribution in [0.4, 0.5) is 10.2 Å². The Morgan fingerprint density at radius 2 is 2.06 bits per heavy atom. The van der Waals surface area contributed by atoms with Gasteiger partial charge in [-0.05, 0) is 18.2 Å². The molecule has 0 bridgehead atoms. The molecule has 2 N–H and O–H groups in total. The van der Waals surface area contributed by atoms with E-state index in [0.29, 0.717) is 11.6 Å². The van der Waals surface area contributed by atoms with Crippen molar-refractivity contribution in [1.29, 1.82) is 0 Å². The average molecular weight is 245 g/mol. The minimum atomic E-state index is -0.281. The third-order valence-electron chi connectivity index (χ3n) is 3.07. The van der Waals surface area contributed by atoms with Gasteiger partial charge in [-0.15, -0.1) is 0 Å². The topological polar surface area (TPSA) is 61.7 Å². The Morgan fingerprint density at radius 3 is 2.72 bits per heavy atom. The van der Waals surface area contributed by atoms with Crippen LogP contribution in [0.25, 0.3) is 22.4 Å². The predicted molar refractivity (Wildman–Crippen MR) is 67.3 cm³/mol. The number of hydrogen-bond acceptors (Lipinski definition) is 3. The lowest BCUT2D eigenvalue weighted by molar-refractivity contribution is 0.629. The second-order valence-corrected chi connectivity index (χ2v) is 4.19. The number of nitrogens with two attached hydrogens (primary N) is 1. The van der Waals surface area contributed by atoms with Gasteiger partial charge in [-0.25, -0.2) is 9.37 Å². The number of halogens is 1. The summed E-state index contributed by atoms with van der Waals surface area (Å²) < 4.78 is 16.6. The summed E-state index contributed by atoms with van der Waals surface area (Å²) in [5.41, 5.74) is 8.14. The minimum Gasteiger partial charge on any atom is -0.383 e. The molecule has 2 heterocycles. The quantitative estimate of drug-likeness (QED) is 0.709. The first kappa shape index (κ1) is 10.8. The van der Waals surface area contributed by atoms with Gasteiger partial charge in [0.05, 0.1) is 22.8 Å². The first-order valence-corrected chi connectivity index (χ1v) is 5.48. The molecule has 1 aromatic carbocycles. The van der Waals surface area contributed by atoms with Crippen LogP contribution < -0.4 is 5.73 Å². The molecule has 3 aromatic rings. The molecule has 0 aliphatic rings. The SMILES string of the molecule is Cn1ncc(-c2nc3ccc(F)cc3n2C)c1N. The van der Waals surface area contributed by atoms with Crippen molar-refractivity contribution in [1.82, 2.24) is 19.3 Å². The number of aryl methyl sites for hydroxylation is 2. The third-order valence-corrected chi connectivity index (χ3v) is 3.07. The van der Waals surface area contributed by atoms with Crippen molar-refractivity contribution < 1.29 is 4.39 Å². The van der Waals surface area contributed by atoms with Gasteiger partial charge in [0.1, 0.15) is 17.5 Å². The minimum absolute atomic E-state index is 0.281. The Kier molecular flexibility index (Phi) is 2.13. The number of nitrogens with zero attached hydrogens (tertiary/aromatic N) is 4. The van der Waals surface area contributed by atoms with Crippen molar-refractivity contribution in [3.8, 4) is 11.4 Å². The molecule has 0 atom stereocenters. The van der Waals surface area contributed by atoms with Crippen LogP contribution in [0.1, 0.15) is 0 Å². The lowest BCUT2D eigenvalue weighted by Crippen LogP contribution is -2.00. The van der Waals surface area contributed by atoms with Crippen molar-refractivity contribution >= 4 is 16.9 Å². The van der Waals surface area contributed by atoms with Crippen LogP contribution in [0.3, 0.4) is 0 Å². The smallest absolute Gasteiger partial charge is 0.146 e. The number of fused-ring (bicyclic) bond motifs is 1. The molecule has 0 fully saturated rings. The van der Waals surface area contributed by atoms with E-state index in [1.54, 1.807) is 24.0 Å². The molecule has 0 saturated carbocycles. The highest BCUT2D eigenvalue weighted by atomic mass is 19.1.